The number of amides is 1. The Kier molecular flexibility index (Phi) is 4.22. The summed E-state index contributed by atoms with van der Waals surface area (Å²) in [6.45, 7) is -0.512. The van der Waals surface area contributed by atoms with Crippen molar-refractivity contribution in [2.75, 3.05) is 6.61 Å². The first-order valence-corrected chi connectivity index (χ1v) is 6.74. The molecule has 3 N–H and O–H groups in total. The van der Waals surface area contributed by atoms with Gasteiger partial charge in [0.2, 0.25) is 5.91 Å². The zero-order valence-corrected chi connectivity index (χ0v) is 10.5. The predicted molar refractivity (Wildman–Crippen MR) is 57.5 cm³/mol. The molecule has 0 saturated heterocycles. The first kappa shape index (κ1) is 12.6. The van der Waals surface area contributed by atoms with E-state index in [2.05, 4.69) is 20.8 Å². The van der Waals surface area contributed by atoms with Crippen molar-refractivity contribution >= 4 is 43.2 Å². The van der Waals surface area contributed by atoms with Gasteiger partial charge < -0.3 is 5.73 Å². The number of hydrogen-bond donors (Lipinski definition) is 2. The van der Waals surface area contributed by atoms with Crippen molar-refractivity contribution in [3.05, 3.63) is 15.9 Å². The van der Waals surface area contributed by atoms with Crippen LogP contribution in [0.25, 0.3) is 0 Å². The van der Waals surface area contributed by atoms with Crippen molar-refractivity contribution in [2.24, 2.45) is 5.73 Å². The second kappa shape index (κ2) is 5.03. The molecule has 0 bridgehead atoms. The number of nitrogens with one attached hydrogen (secondary N) is 1. The summed E-state index contributed by atoms with van der Waals surface area (Å²) in [5, 5.41) is 1.60. The van der Waals surface area contributed by atoms with Gasteiger partial charge in [0.05, 0.1) is 0 Å². The van der Waals surface area contributed by atoms with Gasteiger partial charge >= 0.3 is 0 Å². The molecule has 0 radical (unpaired) electrons. The predicted octanol–water partition coefficient (Wildman–Crippen LogP) is 0.206. The second-order valence-corrected chi connectivity index (χ2v) is 6.01. The molecular formula is C6H7BrN2O4S2. The summed E-state index contributed by atoms with van der Waals surface area (Å²) in [6.07, 6.45) is 0. The number of primary amides is 1. The van der Waals surface area contributed by atoms with Crippen LogP contribution in [0, 0.1) is 0 Å². The highest BCUT2D eigenvalue weighted by Crippen LogP contribution is 2.27. The summed E-state index contributed by atoms with van der Waals surface area (Å²) in [4.78, 5) is 16.5. The molecule has 6 nitrogen and oxygen atoms in total. The lowest BCUT2D eigenvalue weighted by Gasteiger charge is -2.03. The number of nitrogens with two attached hydrogens (primary N) is 1. The van der Waals surface area contributed by atoms with Crippen LogP contribution >= 0.6 is 27.3 Å². The third-order valence-corrected chi connectivity index (χ3v) is 5.10. The van der Waals surface area contributed by atoms with Crippen molar-refractivity contribution in [3.63, 3.8) is 0 Å². The van der Waals surface area contributed by atoms with Crippen LogP contribution in [0.2, 0.25) is 0 Å². The fourth-order valence-electron chi connectivity index (χ4n) is 0.688. The summed E-state index contributed by atoms with van der Waals surface area (Å²) < 4.78 is 23.5. The molecule has 0 aromatic carbocycles. The average molecular weight is 315 g/mol. The van der Waals surface area contributed by atoms with Crippen LogP contribution in [0.5, 0.6) is 0 Å². The number of rotatable bonds is 5. The summed E-state index contributed by atoms with van der Waals surface area (Å²) in [5.41, 5.74) is 4.76. The summed E-state index contributed by atoms with van der Waals surface area (Å²) in [7, 11) is -3.75. The highest BCUT2D eigenvalue weighted by atomic mass is 79.9. The van der Waals surface area contributed by atoms with Crippen molar-refractivity contribution in [1.82, 2.24) is 4.89 Å². The monoisotopic (exact) mass is 314 g/mol. The van der Waals surface area contributed by atoms with Crippen LogP contribution in [0.1, 0.15) is 0 Å². The highest BCUT2D eigenvalue weighted by molar-refractivity contribution is 9.10. The van der Waals surface area contributed by atoms with E-state index in [0.717, 1.165) is 11.3 Å². The maximum absolute atomic E-state index is 11.5. The Morgan fingerprint density at radius 1 is 1.67 bits per heavy atom. The van der Waals surface area contributed by atoms with E-state index in [1.54, 1.807) is 16.3 Å². The van der Waals surface area contributed by atoms with E-state index >= 15 is 0 Å². The molecule has 1 aromatic heterocycles. The lowest BCUT2D eigenvalue weighted by Crippen LogP contribution is -2.29. The summed E-state index contributed by atoms with van der Waals surface area (Å²) >= 11 is 4.09. The zero-order chi connectivity index (χ0) is 11.5. The van der Waals surface area contributed by atoms with Gasteiger partial charge in [0.1, 0.15) is 6.61 Å². The van der Waals surface area contributed by atoms with Crippen LogP contribution in [0.4, 0.5) is 0 Å². The largest absolute Gasteiger partial charge is 0.368 e. The average Bonchev–Trinajstić information content (AvgIpc) is 2.50. The number of hydrogen-bond acceptors (Lipinski definition) is 5. The first-order chi connectivity index (χ1) is 6.93. The van der Waals surface area contributed by atoms with Gasteiger partial charge in [0.25, 0.3) is 10.0 Å². The molecule has 1 aromatic rings. The molecule has 1 amide bonds. The minimum Gasteiger partial charge on any atom is -0.368 e. The Bertz CT molecular complexity index is 455. The topological polar surface area (TPSA) is 98.5 Å². The van der Waals surface area contributed by atoms with Gasteiger partial charge in [0, 0.05) is 4.47 Å². The molecule has 0 aliphatic carbocycles. The van der Waals surface area contributed by atoms with Gasteiger partial charge in [-0.05, 0) is 27.4 Å². The van der Waals surface area contributed by atoms with Crippen molar-refractivity contribution in [1.29, 1.82) is 0 Å². The molecule has 1 heterocycles. The molecule has 0 aliphatic heterocycles. The third-order valence-electron chi connectivity index (χ3n) is 1.21. The molecule has 0 unspecified atom stereocenters. The molecule has 15 heavy (non-hydrogen) atoms. The van der Waals surface area contributed by atoms with E-state index in [0.29, 0.717) is 4.47 Å². The molecule has 9 heteroatoms. The maximum atomic E-state index is 11.5. The fourth-order valence-corrected chi connectivity index (χ4v) is 3.81. The second-order valence-electron chi connectivity index (χ2n) is 2.40. The number of thiophene rings is 1. The van der Waals surface area contributed by atoms with Gasteiger partial charge in [-0.3, -0.25) is 9.63 Å². The molecule has 1 rings (SSSR count). The molecule has 0 aliphatic rings. The van der Waals surface area contributed by atoms with Crippen molar-refractivity contribution < 1.29 is 18.0 Å². The Balaban J connectivity index is 2.69. The van der Waals surface area contributed by atoms with E-state index in [4.69, 9.17) is 5.73 Å². The van der Waals surface area contributed by atoms with Crippen LogP contribution in [0.15, 0.2) is 20.1 Å². The highest BCUT2D eigenvalue weighted by Gasteiger charge is 2.19. The van der Waals surface area contributed by atoms with Gasteiger partial charge in [-0.1, -0.05) is 4.89 Å². The fraction of sp³-hybridized carbons (Fsp3) is 0.167. The molecule has 0 saturated carbocycles. The molecule has 0 spiro atoms. The lowest BCUT2D eigenvalue weighted by molar-refractivity contribution is -0.123. The van der Waals surface area contributed by atoms with Crippen molar-refractivity contribution in [3.8, 4) is 0 Å². The first-order valence-electron chi connectivity index (χ1n) is 3.58. The number of carbonyl (C=O) groups excluding carboxylic acids is 1. The van der Waals surface area contributed by atoms with Crippen molar-refractivity contribution in [2.45, 2.75) is 4.21 Å². The molecule has 0 atom stereocenters. The smallest absolute Gasteiger partial charge is 0.273 e. The van der Waals surface area contributed by atoms with Crippen LogP contribution in [-0.2, 0) is 19.7 Å². The van der Waals surface area contributed by atoms with Gasteiger partial charge in [-0.25, -0.2) is 8.42 Å². The third kappa shape index (κ3) is 3.54. The minimum absolute atomic E-state index is 0.0759. The van der Waals surface area contributed by atoms with Gasteiger partial charge in [-0.2, -0.15) is 0 Å². The Labute approximate surface area is 98.5 Å². The normalized spacial score (nSPS) is 11.5. The number of carbonyl (C=O) groups is 1. The van der Waals surface area contributed by atoms with E-state index in [9.17, 15) is 13.2 Å². The Hall–Kier alpha value is -0.480. The number of sulfonamides is 1. The van der Waals surface area contributed by atoms with Crippen LogP contribution in [0.3, 0.4) is 0 Å². The quantitative estimate of drug-likeness (QED) is 0.759. The van der Waals surface area contributed by atoms with E-state index < -0.39 is 22.5 Å². The zero-order valence-electron chi connectivity index (χ0n) is 7.27. The van der Waals surface area contributed by atoms with E-state index in [-0.39, 0.29) is 4.21 Å². The van der Waals surface area contributed by atoms with Crippen LogP contribution in [-0.4, -0.2) is 20.9 Å². The Morgan fingerprint density at radius 3 is 2.80 bits per heavy atom. The van der Waals surface area contributed by atoms with Gasteiger partial charge in [-0.15, -0.1) is 11.3 Å². The van der Waals surface area contributed by atoms with Gasteiger partial charge in [0.15, 0.2) is 4.21 Å². The Morgan fingerprint density at radius 2 is 2.33 bits per heavy atom. The van der Waals surface area contributed by atoms with Crippen LogP contribution < -0.4 is 10.6 Å². The lowest BCUT2D eigenvalue weighted by atomic mass is 10.7. The maximum Gasteiger partial charge on any atom is 0.273 e. The van der Waals surface area contributed by atoms with E-state index in [1.165, 1.54) is 0 Å². The minimum atomic E-state index is -3.75. The molecular weight excluding hydrogens is 308 g/mol. The molecule has 0 fully saturated rings. The molecule has 84 valence electrons. The summed E-state index contributed by atoms with van der Waals surface area (Å²) in [6, 6.07) is 1.59. The van der Waals surface area contributed by atoms with E-state index in [1.807, 2.05) is 0 Å². The standard InChI is InChI=1S/C6H7BrN2O4S2/c7-4-1-2-14-6(4)15(11,12)9-13-3-5(8)10/h1-2,9H,3H2,(H2,8,10). The SMILES string of the molecule is NC(=O)CONS(=O)(=O)c1sccc1Br. The summed E-state index contributed by atoms with van der Waals surface area (Å²) in [5.74, 6) is -0.761. The number of halogens is 1.